The van der Waals surface area contributed by atoms with Gasteiger partial charge in [0.2, 0.25) is 11.8 Å². The number of nitrogens with one attached hydrogen (secondary N) is 1. The molecule has 0 saturated carbocycles. The van der Waals surface area contributed by atoms with Crippen molar-refractivity contribution in [3.05, 3.63) is 19.8 Å². The van der Waals surface area contributed by atoms with E-state index in [2.05, 4.69) is 22.5 Å². The van der Waals surface area contributed by atoms with Crippen molar-refractivity contribution in [2.75, 3.05) is 40.3 Å². The zero-order valence-corrected chi connectivity index (χ0v) is 16.7. The summed E-state index contributed by atoms with van der Waals surface area (Å²) < 4.78 is 0. The molecule has 0 aliphatic carbocycles. The van der Waals surface area contributed by atoms with Gasteiger partial charge in [-0.2, -0.15) is 0 Å². The molecule has 21 heavy (non-hydrogen) atoms. The molecule has 8 heteroatoms. The summed E-state index contributed by atoms with van der Waals surface area (Å²) >= 11 is 0. The van der Waals surface area contributed by atoms with Crippen molar-refractivity contribution in [2.24, 2.45) is 5.73 Å². The number of piperazine rings is 1. The minimum Gasteiger partial charge on any atom is -0.400 e. The van der Waals surface area contributed by atoms with E-state index in [1.54, 1.807) is 6.92 Å². The van der Waals surface area contributed by atoms with Crippen LogP contribution in [0.2, 0.25) is 0 Å². The van der Waals surface area contributed by atoms with Crippen LogP contribution in [0.15, 0.2) is 12.4 Å². The second-order valence-electron chi connectivity index (χ2n) is 3.80. The van der Waals surface area contributed by atoms with Crippen molar-refractivity contribution in [3.8, 4) is 0 Å². The van der Waals surface area contributed by atoms with Gasteiger partial charge in [0.25, 0.3) is 0 Å². The van der Waals surface area contributed by atoms with Gasteiger partial charge in [-0.15, -0.1) is 0 Å². The second kappa shape index (κ2) is 17.4. The maximum absolute atomic E-state index is 11.0. The number of hydrogen-bond acceptors (Lipinski definition) is 5. The summed E-state index contributed by atoms with van der Waals surface area (Å²) in [5, 5.41) is 10.0. The van der Waals surface area contributed by atoms with Gasteiger partial charge >= 0.3 is 0 Å². The molecule has 0 unspecified atom stereocenters. The molecule has 0 aromatic rings. The molecule has 1 saturated heterocycles. The first-order valence-corrected chi connectivity index (χ1v) is 5.96. The molecule has 0 aromatic heterocycles. The molecule has 1 fully saturated rings. The fraction of sp³-hybridized carbons (Fsp3) is 0.615. The van der Waals surface area contributed by atoms with Gasteiger partial charge in [-0.25, -0.2) is 0 Å². The minimum atomic E-state index is -0.333. The first-order valence-electron chi connectivity index (χ1n) is 5.96. The Bertz CT molecular complexity index is 289. The zero-order chi connectivity index (χ0) is 15.4. The largest absolute Gasteiger partial charge is 0.400 e. The van der Waals surface area contributed by atoms with Gasteiger partial charge in [0.15, 0.2) is 0 Å². The number of aliphatic hydroxyl groups is 1. The standard InChI is InChI=1S/C9H17N3O.C2H5NO.CH4O.CH3.Y/c1-8(10-3)11-4-6-12(7-5-11)9(2)13;1-2(3)4;1-2;;/h10H,1,4-7H2,2-3H3;1H3,(H2,3,4);2H,1H3;1H3;/q;;;-1;. The number of hydrogen-bond donors (Lipinski definition) is 3. The van der Waals surface area contributed by atoms with Gasteiger partial charge < -0.3 is 33.4 Å². The molecule has 1 aliphatic rings. The maximum Gasteiger partial charge on any atom is 0.219 e. The Morgan fingerprint density at radius 3 is 1.62 bits per heavy atom. The molecular formula is C13H29N4O3Y-. The monoisotopic (exact) mass is 378 g/mol. The van der Waals surface area contributed by atoms with Crippen LogP contribution in [0, 0.1) is 7.43 Å². The summed E-state index contributed by atoms with van der Waals surface area (Å²) in [7, 11) is 2.86. The van der Waals surface area contributed by atoms with Crippen molar-refractivity contribution in [1.29, 1.82) is 0 Å². The zero-order valence-electron chi connectivity index (χ0n) is 13.8. The Hall–Kier alpha value is -0.656. The van der Waals surface area contributed by atoms with Crippen LogP contribution in [0.4, 0.5) is 0 Å². The summed E-state index contributed by atoms with van der Waals surface area (Å²) in [6.45, 7) is 10.1. The molecule has 7 nitrogen and oxygen atoms in total. The summed E-state index contributed by atoms with van der Waals surface area (Å²) in [4.78, 5) is 24.2. The SMILES string of the molecule is C=C(NC)N1CCN(C(C)=O)CC1.CC(N)=O.CO.[CH3-].[Y]. The van der Waals surface area contributed by atoms with Crippen molar-refractivity contribution < 1.29 is 47.4 Å². The smallest absolute Gasteiger partial charge is 0.219 e. The van der Waals surface area contributed by atoms with E-state index in [4.69, 9.17) is 5.11 Å². The van der Waals surface area contributed by atoms with E-state index in [9.17, 15) is 9.59 Å². The van der Waals surface area contributed by atoms with Gasteiger partial charge in [0.1, 0.15) is 0 Å². The molecule has 0 spiro atoms. The normalized spacial score (nSPS) is 12.0. The van der Waals surface area contributed by atoms with Gasteiger partial charge in [-0.3, -0.25) is 9.59 Å². The van der Waals surface area contributed by atoms with Crippen LogP contribution in [0.3, 0.4) is 0 Å². The molecular weight excluding hydrogens is 349 g/mol. The molecule has 0 atom stereocenters. The third kappa shape index (κ3) is 15.6. The Morgan fingerprint density at radius 2 is 1.38 bits per heavy atom. The van der Waals surface area contributed by atoms with Crippen LogP contribution in [-0.2, 0) is 42.3 Å². The van der Waals surface area contributed by atoms with Crippen molar-refractivity contribution in [2.45, 2.75) is 13.8 Å². The molecule has 2 amide bonds. The van der Waals surface area contributed by atoms with Crippen molar-refractivity contribution in [1.82, 2.24) is 15.1 Å². The molecule has 123 valence electrons. The Morgan fingerprint density at radius 1 is 1.10 bits per heavy atom. The predicted octanol–water partition coefficient (Wildman–Crippen LogP) is -0.611. The minimum absolute atomic E-state index is 0. The number of aliphatic hydroxyl groups excluding tert-OH is 1. The fourth-order valence-corrected chi connectivity index (χ4v) is 1.45. The maximum atomic E-state index is 11.0. The van der Waals surface area contributed by atoms with Crippen LogP contribution >= 0.6 is 0 Å². The number of nitrogens with two attached hydrogens (primary N) is 1. The molecule has 4 N–H and O–H groups in total. The van der Waals surface area contributed by atoms with Crippen LogP contribution in [0.25, 0.3) is 0 Å². The molecule has 0 aromatic carbocycles. The summed E-state index contributed by atoms with van der Waals surface area (Å²) in [5.74, 6) is 0.762. The molecule has 0 bridgehead atoms. The Balaban J connectivity index is -0.000000158. The van der Waals surface area contributed by atoms with Crippen LogP contribution in [-0.4, -0.2) is 67.1 Å². The van der Waals surface area contributed by atoms with Crippen molar-refractivity contribution >= 4 is 11.8 Å². The average molecular weight is 378 g/mol. The Kier molecular flexibility index (Phi) is 23.6. The number of rotatable bonds is 2. The first kappa shape index (κ1) is 28.5. The van der Waals surface area contributed by atoms with Gasteiger partial charge in [0, 0.05) is 86.9 Å². The predicted molar refractivity (Wildman–Crippen MR) is 81.5 cm³/mol. The number of primary amides is 1. The number of amides is 2. The van der Waals surface area contributed by atoms with E-state index in [-0.39, 0.29) is 52.0 Å². The van der Waals surface area contributed by atoms with E-state index >= 15 is 0 Å². The van der Waals surface area contributed by atoms with E-state index in [1.807, 2.05) is 11.9 Å². The van der Waals surface area contributed by atoms with Gasteiger partial charge in [-0.1, -0.05) is 6.58 Å². The van der Waals surface area contributed by atoms with Crippen molar-refractivity contribution in [3.63, 3.8) is 0 Å². The van der Waals surface area contributed by atoms with E-state index in [0.717, 1.165) is 39.1 Å². The molecule has 1 rings (SSSR count). The Labute approximate surface area is 153 Å². The second-order valence-corrected chi connectivity index (χ2v) is 3.80. The van der Waals surface area contributed by atoms with Gasteiger partial charge in [-0.05, 0) is 0 Å². The molecule has 1 aliphatic heterocycles. The van der Waals surface area contributed by atoms with E-state index < -0.39 is 0 Å². The third-order valence-electron chi connectivity index (χ3n) is 2.40. The number of carbonyl (C=O) groups excluding carboxylic acids is 2. The topological polar surface area (TPSA) is 98.9 Å². The van der Waals surface area contributed by atoms with Crippen LogP contribution < -0.4 is 11.1 Å². The molecule has 1 radical (unpaired) electrons. The number of carbonyl (C=O) groups is 2. The number of nitrogens with zero attached hydrogens (tertiary/aromatic N) is 2. The van der Waals surface area contributed by atoms with Crippen LogP contribution in [0.1, 0.15) is 13.8 Å². The fourth-order valence-electron chi connectivity index (χ4n) is 1.45. The summed E-state index contributed by atoms with van der Waals surface area (Å²) in [5.41, 5.74) is 4.47. The average Bonchev–Trinajstić information content (AvgIpc) is 2.39. The first-order chi connectivity index (χ1) is 8.88. The van der Waals surface area contributed by atoms with Gasteiger partial charge in [0.05, 0.1) is 5.82 Å². The molecule has 1 heterocycles. The van der Waals surface area contributed by atoms with E-state index in [1.165, 1.54) is 6.92 Å². The third-order valence-corrected chi connectivity index (χ3v) is 2.40. The quantitative estimate of drug-likeness (QED) is 0.557. The summed E-state index contributed by atoms with van der Waals surface area (Å²) in [6.07, 6.45) is 0. The van der Waals surface area contributed by atoms with E-state index in [0.29, 0.717) is 0 Å². The van der Waals surface area contributed by atoms with Crippen LogP contribution in [0.5, 0.6) is 0 Å². The summed E-state index contributed by atoms with van der Waals surface area (Å²) in [6, 6.07) is 0.